The van der Waals surface area contributed by atoms with Gasteiger partial charge >= 0.3 is 0 Å². The van der Waals surface area contributed by atoms with Gasteiger partial charge in [0.1, 0.15) is 0 Å². The Morgan fingerprint density at radius 1 is 1.29 bits per heavy atom. The molecular weight excluding hydrogens is 264 g/mol. The molecule has 1 aromatic rings. The number of nitrogens with one attached hydrogen (secondary N) is 1. The minimum Gasteiger partial charge on any atom is -0.342 e. The van der Waals surface area contributed by atoms with Gasteiger partial charge in [0.05, 0.1) is 5.92 Å². The number of rotatable bonds is 6. The Morgan fingerprint density at radius 2 is 2.00 bits per heavy atom. The largest absolute Gasteiger partial charge is 0.342 e. The summed E-state index contributed by atoms with van der Waals surface area (Å²) in [5.41, 5.74) is 1.95. The van der Waals surface area contributed by atoms with Crippen LogP contribution >= 0.6 is 0 Å². The Kier molecular flexibility index (Phi) is 5.37. The third-order valence-electron chi connectivity index (χ3n) is 3.94. The first-order chi connectivity index (χ1) is 10.1. The number of hydrogen-bond donors (Lipinski definition) is 1. The van der Waals surface area contributed by atoms with Crippen molar-refractivity contribution in [3.05, 3.63) is 29.8 Å². The summed E-state index contributed by atoms with van der Waals surface area (Å²) in [4.78, 5) is 26.0. The summed E-state index contributed by atoms with van der Waals surface area (Å²) >= 11 is 0. The molecule has 0 spiro atoms. The summed E-state index contributed by atoms with van der Waals surface area (Å²) in [7, 11) is 0. The lowest BCUT2D eigenvalue weighted by Crippen LogP contribution is -2.29. The molecule has 1 heterocycles. The van der Waals surface area contributed by atoms with Crippen LogP contribution < -0.4 is 5.32 Å². The smallest absolute Gasteiger partial charge is 0.229 e. The minimum absolute atomic E-state index is 0.0507. The number of aryl methyl sites for hydroxylation is 1. The van der Waals surface area contributed by atoms with Gasteiger partial charge < -0.3 is 10.2 Å². The van der Waals surface area contributed by atoms with Crippen molar-refractivity contribution in [2.24, 2.45) is 5.92 Å². The molecule has 0 aromatic heterocycles. The van der Waals surface area contributed by atoms with E-state index >= 15 is 0 Å². The predicted octanol–water partition coefficient (Wildman–Crippen LogP) is 2.97. The molecule has 0 bridgehead atoms. The summed E-state index contributed by atoms with van der Waals surface area (Å²) in [6, 6.07) is 7.71. The van der Waals surface area contributed by atoms with Gasteiger partial charge in [-0.05, 0) is 25.5 Å². The fourth-order valence-corrected chi connectivity index (χ4v) is 2.60. The van der Waals surface area contributed by atoms with Gasteiger partial charge in [-0.15, -0.1) is 0 Å². The van der Waals surface area contributed by atoms with Crippen molar-refractivity contribution in [1.82, 2.24) is 4.90 Å². The van der Waals surface area contributed by atoms with Crippen LogP contribution in [0.4, 0.5) is 5.69 Å². The Bertz CT molecular complexity index is 496. The molecule has 1 N–H and O–H groups in total. The van der Waals surface area contributed by atoms with Crippen LogP contribution in [0.3, 0.4) is 0 Å². The molecule has 1 fully saturated rings. The van der Waals surface area contributed by atoms with E-state index in [1.807, 2.05) is 36.1 Å². The zero-order valence-corrected chi connectivity index (χ0v) is 12.9. The molecular formula is C17H24N2O2. The number of likely N-dealkylation sites (tertiary alicyclic amines) is 1. The second-order valence-corrected chi connectivity index (χ2v) is 5.80. The summed E-state index contributed by atoms with van der Waals surface area (Å²) < 4.78 is 0. The Balaban J connectivity index is 1.86. The van der Waals surface area contributed by atoms with Crippen LogP contribution in [0.15, 0.2) is 24.3 Å². The van der Waals surface area contributed by atoms with E-state index in [1.165, 1.54) is 0 Å². The first-order valence-electron chi connectivity index (χ1n) is 7.75. The van der Waals surface area contributed by atoms with Gasteiger partial charge in [-0.3, -0.25) is 9.59 Å². The fraction of sp³-hybridized carbons (Fsp3) is 0.529. The number of anilines is 1. The van der Waals surface area contributed by atoms with Gasteiger partial charge in [-0.2, -0.15) is 0 Å². The molecule has 114 valence electrons. The third-order valence-corrected chi connectivity index (χ3v) is 3.94. The highest BCUT2D eigenvalue weighted by molar-refractivity contribution is 5.97. The predicted molar refractivity (Wildman–Crippen MR) is 84.0 cm³/mol. The van der Waals surface area contributed by atoms with Crippen LogP contribution in [0.2, 0.25) is 0 Å². The normalized spacial score (nSPS) is 18.1. The number of benzene rings is 1. The SMILES string of the molecule is CCCCCN1C[C@H](C(=O)Nc2ccc(C)cc2)CC1=O. The Morgan fingerprint density at radius 3 is 2.67 bits per heavy atom. The first-order valence-corrected chi connectivity index (χ1v) is 7.75. The van der Waals surface area contributed by atoms with Gasteiger partial charge in [0.25, 0.3) is 0 Å². The number of carbonyl (C=O) groups is 2. The van der Waals surface area contributed by atoms with Gasteiger partial charge in [0.2, 0.25) is 11.8 Å². The molecule has 1 atom stereocenters. The van der Waals surface area contributed by atoms with Crippen LogP contribution in [0.25, 0.3) is 0 Å². The monoisotopic (exact) mass is 288 g/mol. The number of unbranched alkanes of at least 4 members (excludes halogenated alkanes) is 2. The molecule has 1 saturated heterocycles. The standard InChI is InChI=1S/C17H24N2O2/c1-3-4-5-10-19-12-14(11-16(19)20)17(21)18-15-8-6-13(2)7-9-15/h6-9,14H,3-5,10-12H2,1-2H3,(H,18,21)/t14-/m1/s1. The quantitative estimate of drug-likeness (QED) is 0.818. The molecule has 2 amide bonds. The van der Waals surface area contributed by atoms with Crippen molar-refractivity contribution in [1.29, 1.82) is 0 Å². The van der Waals surface area contributed by atoms with Crippen molar-refractivity contribution in [2.75, 3.05) is 18.4 Å². The van der Waals surface area contributed by atoms with E-state index in [2.05, 4.69) is 12.2 Å². The maximum atomic E-state index is 12.2. The third kappa shape index (κ3) is 4.31. The lowest BCUT2D eigenvalue weighted by molar-refractivity contribution is -0.128. The first kappa shape index (κ1) is 15.5. The van der Waals surface area contributed by atoms with E-state index in [0.717, 1.165) is 37.1 Å². The van der Waals surface area contributed by atoms with Crippen molar-refractivity contribution in [2.45, 2.75) is 39.5 Å². The molecule has 1 aliphatic rings. The number of carbonyl (C=O) groups excluding carboxylic acids is 2. The van der Waals surface area contributed by atoms with Gasteiger partial charge in [0, 0.05) is 25.2 Å². The van der Waals surface area contributed by atoms with Gasteiger partial charge in [-0.25, -0.2) is 0 Å². The molecule has 0 aliphatic carbocycles. The summed E-state index contributed by atoms with van der Waals surface area (Å²) in [5.74, 6) is -0.166. The lowest BCUT2D eigenvalue weighted by Gasteiger charge is -2.16. The highest BCUT2D eigenvalue weighted by atomic mass is 16.2. The molecule has 1 aliphatic heterocycles. The highest BCUT2D eigenvalue weighted by Crippen LogP contribution is 2.20. The van der Waals surface area contributed by atoms with Crippen molar-refractivity contribution >= 4 is 17.5 Å². The summed E-state index contributed by atoms with van der Waals surface area (Å²) in [6.45, 7) is 5.49. The molecule has 0 saturated carbocycles. The van der Waals surface area contributed by atoms with Crippen molar-refractivity contribution in [3.8, 4) is 0 Å². The minimum atomic E-state index is -0.222. The van der Waals surface area contributed by atoms with Gasteiger partial charge in [-0.1, -0.05) is 37.5 Å². The Hall–Kier alpha value is -1.84. The summed E-state index contributed by atoms with van der Waals surface area (Å²) in [6.07, 6.45) is 3.63. The topological polar surface area (TPSA) is 49.4 Å². The Labute approximate surface area is 126 Å². The highest BCUT2D eigenvalue weighted by Gasteiger charge is 2.33. The van der Waals surface area contributed by atoms with Crippen LogP contribution in [0.1, 0.15) is 38.2 Å². The van der Waals surface area contributed by atoms with E-state index in [9.17, 15) is 9.59 Å². The molecule has 0 radical (unpaired) electrons. The van der Waals surface area contributed by atoms with E-state index in [1.54, 1.807) is 0 Å². The van der Waals surface area contributed by atoms with Gasteiger partial charge in [0.15, 0.2) is 0 Å². The maximum Gasteiger partial charge on any atom is 0.229 e. The number of nitrogens with zero attached hydrogens (tertiary/aromatic N) is 1. The molecule has 1 aromatic carbocycles. The maximum absolute atomic E-state index is 12.2. The second-order valence-electron chi connectivity index (χ2n) is 5.80. The molecule has 21 heavy (non-hydrogen) atoms. The average Bonchev–Trinajstić information content (AvgIpc) is 2.83. The van der Waals surface area contributed by atoms with Crippen molar-refractivity contribution in [3.63, 3.8) is 0 Å². The molecule has 4 heteroatoms. The number of hydrogen-bond acceptors (Lipinski definition) is 2. The second kappa shape index (κ2) is 7.25. The molecule has 0 unspecified atom stereocenters. The van der Waals surface area contributed by atoms with Crippen LogP contribution in [-0.2, 0) is 9.59 Å². The van der Waals surface area contributed by atoms with Crippen LogP contribution in [-0.4, -0.2) is 29.8 Å². The van der Waals surface area contributed by atoms with Crippen molar-refractivity contribution < 1.29 is 9.59 Å². The molecule has 4 nitrogen and oxygen atoms in total. The average molecular weight is 288 g/mol. The van der Waals surface area contributed by atoms with Crippen LogP contribution in [0.5, 0.6) is 0 Å². The number of amides is 2. The van der Waals surface area contributed by atoms with Crippen LogP contribution in [0, 0.1) is 12.8 Å². The van der Waals surface area contributed by atoms with E-state index in [0.29, 0.717) is 13.0 Å². The van der Waals surface area contributed by atoms with E-state index < -0.39 is 0 Å². The summed E-state index contributed by atoms with van der Waals surface area (Å²) in [5, 5.41) is 2.90. The lowest BCUT2D eigenvalue weighted by atomic mass is 10.1. The fourth-order valence-electron chi connectivity index (χ4n) is 2.60. The zero-order chi connectivity index (χ0) is 15.2. The zero-order valence-electron chi connectivity index (χ0n) is 12.9. The molecule has 2 rings (SSSR count). The van der Waals surface area contributed by atoms with E-state index in [4.69, 9.17) is 0 Å². The van der Waals surface area contributed by atoms with E-state index in [-0.39, 0.29) is 17.7 Å².